The van der Waals surface area contributed by atoms with Crippen molar-refractivity contribution in [1.82, 2.24) is 14.5 Å². The van der Waals surface area contributed by atoms with Crippen LogP contribution >= 0.6 is 11.6 Å². The van der Waals surface area contributed by atoms with Gasteiger partial charge in [0.1, 0.15) is 23.6 Å². The zero-order chi connectivity index (χ0) is 13.4. The zero-order valence-electron chi connectivity index (χ0n) is 10.2. The fourth-order valence-electron chi connectivity index (χ4n) is 2.05. The van der Waals surface area contributed by atoms with Crippen molar-refractivity contribution in [1.29, 1.82) is 0 Å². The maximum atomic E-state index is 13.7. The quantitative estimate of drug-likeness (QED) is 0.691. The average Bonchev–Trinajstić information content (AvgIpc) is 2.96. The molecule has 98 valence electrons. The fraction of sp³-hybridized carbons (Fsp3) is 0.231. The van der Waals surface area contributed by atoms with Gasteiger partial charge in [-0.25, -0.2) is 14.4 Å². The number of rotatable bonds is 3. The molecule has 0 amide bonds. The summed E-state index contributed by atoms with van der Waals surface area (Å²) in [6.07, 6.45) is 1.65. The molecule has 2 aromatic heterocycles. The van der Waals surface area contributed by atoms with Gasteiger partial charge in [-0.2, -0.15) is 0 Å². The van der Waals surface area contributed by atoms with Gasteiger partial charge in [-0.1, -0.05) is 6.07 Å². The number of imidazole rings is 1. The third-order valence-corrected chi connectivity index (χ3v) is 3.13. The highest BCUT2D eigenvalue weighted by molar-refractivity contribution is 6.16. The summed E-state index contributed by atoms with van der Waals surface area (Å²) in [5.41, 5.74) is 1.01. The van der Waals surface area contributed by atoms with Crippen LogP contribution in [0.2, 0.25) is 0 Å². The Bertz CT molecular complexity index is 735. The Balaban J connectivity index is 2.13. The maximum absolute atomic E-state index is 13.7. The molecule has 0 aliphatic heterocycles. The summed E-state index contributed by atoms with van der Waals surface area (Å²) in [6.45, 7) is 2.21. The van der Waals surface area contributed by atoms with Crippen LogP contribution in [0.1, 0.15) is 17.5 Å². The largest absolute Gasteiger partial charge is 0.444 e. The van der Waals surface area contributed by atoms with Crippen LogP contribution in [0.4, 0.5) is 4.39 Å². The van der Waals surface area contributed by atoms with Gasteiger partial charge in [-0.3, -0.25) is 0 Å². The topological polar surface area (TPSA) is 43.9 Å². The van der Waals surface area contributed by atoms with E-state index in [9.17, 15) is 4.39 Å². The lowest BCUT2D eigenvalue weighted by Crippen LogP contribution is -2.04. The number of aryl methyl sites for hydroxylation is 1. The number of benzene rings is 1. The van der Waals surface area contributed by atoms with Crippen molar-refractivity contribution >= 4 is 22.6 Å². The van der Waals surface area contributed by atoms with Crippen LogP contribution in [0.3, 0.4) is 0 Å². The lowest BCUT2D eigenvalue weighted by atomic mass is 10.3. The number of aromatic nitrogens is 3. The lowest BCUT2D eigenvalue weighted by molar-refractivity contribution is 0.457. The minimum absolute atomic E-state index is 0.202. The van der Waals surface area contributed by atoms with Crippen LogP contribution in [0, 0.1) is 12.7 Å². The number of hydrogen-bond acceptors (Lipinski definition) is 3. The van der Waals surface area contributed by atoms with Crippen LogP contribution in [0.25, 0.3) is 11.0 Å². The standard InChI is InChI=1S/C13H11ClFN3O/c1-8-6-16-12(19-8)7-18-10-4-2-3-9(15)13(10)17-11(18)5-14/h2-4,6H,5,7H2,1H3. The first-order valence-corrected chi connectivity index (χ1v) is 6.33. The number of fused-ring (bicyclic) bond motifs is 1. The first-order chi connectivity index (χ1) is 9.19. The van der Waals surface area contributed by atoms with Crippen LogP contribution in [0.15, 0.2) is 28.8 Å². The molecule has 0 unspecified atom stereocenters. The molecule has 3 aromatic rings. The minimum Gasteiger partial charge on any atom is -0.444 e. The van der Waals surface area contributed by atoms with Crippen molar-refractivity contribution in [2.45, 2.75) is 19.3 Å². The number of halogens is 2. The predicted molar refractivity (Wildman–Crippen MR) is 69.6 cm³/mol. The van der Waals surface area contributed by atoms with E-state index in [1.165, 1.54) is 6.07 Å². The second kappa shape index (κ2) is 4.66. The van der Waals surface area contributed by atoms with E-state index in [1.54, 1.807) is 18.3 Å². The van der Waals surface area contributed by atoms with Gasteiger partial charge in [0.05, 0.1) is 17.6 Å². The molecule has 0 N–H and O–H groups in total. The van der Waals surface area contributed by atoms with E-state index in [1.807, 2.05) is 11.5 Å². The normalized spacial score (nSPS) is 11.3. The Hall–Kier alpha value is -1.88. The molecule has 3 rings (SSSR count). The molecule has 0 fully saturated rings. The smallest absolute Gasteiger partial charge is 0.214 e. The van der Waals surface area contributed by atoms with Gasteiger partial charge in [-0.15, -0.1) is 11.6 Å². The summed E-state index contributed by atoms with van der Waals surface area (Å²) < 4.78 is 21.0. The first kappa shape index (κ1) is 12.2. The first-order valence-electron chi connectivity index (χ1n) is 5.80. The van der Waals surface area contributed by atoms with Crippen molar-refractivity contribution < 1.29 is 8.81 Å². The molecule has 6 heteroatoms. The van der Waals surface area contributed by atoms with E-state index in [2.05, 4.69) is 9.97 Å². The Morgan fingerprint density at radius 1 is 1.42 bits per heavy atom. The van der Waals surface area contributed by atoms with Crippen LogP contribution in [0.5, 0.6) is 0 Å². The minimum atomic E-state index is -0.355. The summed E-state index contributed by atoms with van der Waals surface area (Å²) in [4.78, 5) is 8.36. The SMILES string of the molecule is Cc1cnc(Cn2c(CCl)nc3c(F)cccc32)o1. The average molecular weight is 280 g/mol. The second-order valence-electron chi connectivity index (χ2n) is 4.22. The number of alkyl halides is 1. The summed E-state index contributed by atoms with van der Waals surface area (Å²) in [5.74, 6) is 1.72. The summed E-state index contributed by atoms with van der Waals surface area (Å²) >= 11 is 5.87. The highest BCUT2D eigenvalue weighted by atomic mass is 35.5. The Labute approximate surface area is 113 Å². The predicted octanol–water partition coefficient (Wildman–Crippen LogP) is 3.26. The summed E-state index contributed by atoms with van der Waals surface area (Å²) in [7, 11) is 0. The Morgan fingerprint density at radius 2 is 2.26 bits per heavy atom. The van der Waals surface area contributed by atoms with Gasteiger partial charge in [0, 0.05) is 0 Å². The molecule has 0 bridgehead atoms. The van der Waals surface area contributed by atoms with Crippen molar-refractivity contribution in [2.24, 2.45) is 0 Å². The third-order valence-electron chi connectivity index (χ3n) is 2.89. The van der Waals surface area contributed by atoms with Gasteiger partial charge >= 0.3 is 0 Å². The molecule has 1 aromatic carbocycles. The molecule has 0 spiro atoms. The number of hydrogen-bond donors (Lipinski definition) is 0. The Kier molecular flexibility index (Phi) is 2.98. The molecular weight excluding hydrogens is 269 g/mol. The molecule has 0 atom stereocenters. The summed E-state index contributed by atoms with van der Waals surface area (Å²) in [6, 6.07) is 4.83. The Morgan fingerprint density at radius 3 is 2.95 bits per heavy atom. The van der Waals surface area contributed by atoms with Gasteiger partial charge < -0.3 is 8.98 Å². The van der Waals surface area contributed by atoms with Gasteiger partial charge in [0.15, 0.2) is 5.82 Å². The third kappa shape index (κ3) is 2.10. The van der Waals surface area contributed by atoms with Gasteiger partial charge in [0.2, 0.25) is 5.89 Å². The van der Waals surface area contributed by atoms with Gasteiger partial charge in [0.25, 0.3) is 0 Å². The molecule has 19 heavy (non-hydrogen) atoms. The van der Waals surface area contributed by atoms with Crippen LogP contribution < -0.4 is 0 Å². The monoisotopic (exact) mass is 279 g/mol. The summed E-state index contributed by atoms with van der Waals surface area (Å²) in [5, 5.41) is 0. The molecule has 0 saturated heterocycles. The van der Waals surface area contributed by atoms with Crippen molar-refractivity contribution in [3.8, 4) is 0 Å². The van der Waals surface area contributed by atoms with E-state index in [0.29, 0.717) is 29.3 Å². The van der Waals surface area contributed by atoms with E-state index >= 15 is 0 Å². The van der Waals surface area contributed by atoms with Gasteiger partial charge in [-0.05, 0) is 19.1 Å². The van der Waals surface area contributed by atoms with E-state index in [4.69, 9.17) is 16.0 Å². The van der Waals surface area contributed by atoms with Crippen molar-refractivity contribution in [3.63, 3.8) is 0 Å². The highest BCUT2D eigenvalue weighted by Gasteiger charge is 2.14. The molecule has 0 aliphatic carbocycles. The zero-order valence-corrected chi connectivity index (χ0v) is 11.0. The number of para-hydroxylation sites is 1. The molecule has 4 nitrogen and oxygen atoms in total. The molecular formula is C13H11ClFN3O. The molecule has 0 aliphatic rings. The second-order valence-corrected chi connectivity index (χ2v) is 4.49. The van der Waals surface area contributed by atoms with E-state index in [0.717, 1.165) is 5.76 Å². The van der Waals surface area contributed by atoms with Crippen LogP contribution in [-0.4, -0.2) is 14.5 Å². The lowest BCUT2D eigenvalue weighted by Gasteiger charge is -2.04. The number of oxazole rings is 1. The molecule has 2 heterocycles. The number of nitrogens with zero attached hydrogens (tertiary/aromatic N) is 3. The van der Waals surface area contributed by atoms with E-state index in [-0.39, 0.29) is 11.7 Å². The molecule has 0 saturated carbocycles. The van der Waals surface area contributed by atoms with Crippen LogP contribution in [-0.2, 0) is 12.4 Å². The fourth-order valence-corrected chi connectivity index (χ4v) is 2.25. The van der Waals surface area contributed by atoms with Crippen molar-refractivity contribution in [2.75, 3.05) is 0 Å². The van der Waals surface area contributed by atoms with E-state index < -0.39 is 0 Å². The maximum Gasteiger partial charge on any atom is 0.214 e. The molecule has 0 radical (unpaired) electrons. The van der Waals surface area contributed by atoms with Crippen molar-refractivity contribution in [3.05, 3.63) is 47.7 Å². The highest BCUT2D eigenvalue weighted by Crippen LogP contribution is 2.21.